The van der Waals surface area contributed by atoms with E-state index in [-0.39, 0.29) is 11.7 Å². The summed E-state index contributed by atoms with van der Waals surface area (Å²) in [6, 6.07) is 5.11. The van der Waals surface area contributed by atoms with E-state index in [1.54, 1.807) is 13.0 Å². The van der Waals surface area contributed by atoms with E-state index < -0.39 is 0 Å². The molecule has 3 heteroatoms. The van der Waals surface area contributed by atoms with Crippen molar-refractivity contribution in [3.8, 4) is 0 Å². The van der Waals surface area contributed by atoms with E-state index in [0.717, 1.165) is 17.9 Å². The van der Waals surface area contributed by atoms with Crippen molar-refractivity contribution < 1.29 is 9.18 Å². The average molecular weight is 277 g/mol. The van der Waals surface area contributed by atoms with Crippen LogP contribution in [0.5, 0.6) is 0 Å². The summed E-state index contributed by atoms with van der Waals surface area (Å²) in [6.07, 6.45) is 8.12. The smallest absolute Gasteiger partial charge is 0.220 e. The van der Waals surface area contributed by atoms with E-state index in [2.05, 4.69) is 5.32 Å². The molecule has 0 spiro atoms. The summed E-state index contributed by atoms with van der Waals surface area (Å²) in [5.74, 6) is 0.599. The third-order valence-electron chi connectivity index (χ3n) is 4.23. The van der Waals surface area contributed by atoms with Crippen molar-refractivity contribution in [3.05, 3.63) is 35.1 Å². The molecule has 1 aliphatic carbocycles. The van der Waals surface area contributed by atoms with E-state index in [1.807, 2.05) is 6.07 Å². The molecule has 1 fully saturated rings. The Kier molecular flexibility index (Phi) is 5.57. The van der Waals surface area contributed by atoms with Crippen LogP contribution in [-0.2, 0) is 11.3 Å². The predicted molar refractivity (Wildman–Crippen MR) is 78.8 cm³/mol. The number of carbonyl (C=O) groups is 1. The van der Waals surface area contributed by atoms with Gasteiger partial charge in [-0.25, -0.2) is 4.39 Å². The first kappa shape index (κ1) is 15.0. The number of carbonyl (C=O) groups excluding carboxylic acids is 1. The normalized spacial score (nSPS) is 16.1. The predicted octanol–water partition coefficient (Wildman–Crippen LogP) is 4.11. The molecule has 1 N–H and O–H groups in total. The molecule has 1 aliphatic rings. The Morgan fingerprint density at radius 3 is 2.75 bits per heavy atom. The zero-order valence-corrected chi connectivity index (χ0v) is 12.3. The third kappa shape index (κ3) is 4.62. The Labute approximate surface area is 120 Å². The average Bonchev–Trinajstić information content (AvgIpc) is 2.47. The summed E-state index contributed by atoms with van der Waals surface area (Å²) >= 11 is 0. The molecule has 20 heavy (non-hydrogen) atoms. The summed E-state index contributed by atoms with van der Waals surface area (Å²) in [6.45, 7) is 2.16. The van der Waals surface area contributed by atoms with Crippen molar-refractivity contribution in [1.82, 2.24) is 5.32 Å². The molecule has 0 radical (unpaired) electrons. The zero-order valence-electron chi connectivity index (χ0n) is 12.3. The lowest BCUT2D eigenvalue weighted by molar-refractivity contribution is -0.121. The molecule has 0 heterocycles. The number of aryl methyl sites for hydroxylation is 1. The van der Waals surface area contributed by atoms with E-state index in [4.69, 9.17) is 0 Å². The molecule has 1 amide bonds. The summed E-state index contributed by atoms with van der Waals surface area (Å²) in [4.78, 5) is 11.8. The molecule has 0 aliphatic heterocycles. The maximum absolute atomic E-state index is 13.4. The molecule has 0 bridgehead atoms. The number of nitrogens with one attached hydrogen (secondary N) is 1. The lowest BCUT2D eigenvalue weighted by Gasteiger charge is -2.21. The lowest BCUT2D eigenvalue weighted by Crippen LogP contribution is -2.23. The van der Waals surface area contributed by atoms with Crippen LogP contribution in [0.4, 0.5) is 4.39 Å². The monoisotopic (exact) mass is 277 g/mol. The van der Waals surface area contributed by atoms with Crippen molar-refractivity contribution in [2.45, 2.75) is 58.4 Å². The van der Waals surface area contributed by atoms with E-state index in [0.29, 0.717) is 18.5 Å². The van der Waals surface area contributed by atoms with Gasteiger partial charge in [-0.2, -0.15) is 0 Å². The first-order chi connectivity index (χ1) is 9.65. The van der Waals surface area contributed by atoms with Gasteiger partial charge in [-0.3, -0.25) is 4.79 Å². The molecule has 0 unspecified atom stereocenters. The Bertz CT molecular complexity index is 452. The van der Waals surface area contributed by atoms with Crippen LogP contribution in [0.25, 0.3) is 0 Å². The van der Waals surface area contributed by atoms with Crippen molar-refractivity contribution in [2.24, 2.45) is 5.92 Å². The van der Waals surface area contributed by atoms with Crippen molar-refractivity contribution in [1.29, 1.82) is 0 Å². The summed E-state index contributed by atoms with van der Waals surface area (Å²) < 4.78 is 13.4. The number of hydrogen-bond acceptors (Lipinski definition) is 1. The van der Waals surface area contributed by atoms with Crippen LogP contribution in [0.2, 0.25) is 0 Å². The highest BCUT2D eigenvalue weighted by atomic mass is 19.1. The van der Waals surface area contributed by atoms with Gasteiger partial charge in [0.05, 0.1) is 0 Å². The molecule has 110 valence electrons. The third-order valence-corrected chi connectivity index (χ3v) is 4.23. The first-order valence-corrected chi connectivity index (χ1v) is 7.67. The highest BCUT2D eigenvalue weighted by molar-refractivity contribution is 5.75. The molecular weight excluding hydrogens is 253 g/mol. The largest absolute Gasteiger partial charge is 0.352 e. The van der Waals surface area contributed by atoms with Gasteiger partial charge in [0.15, 0.2) is 0 Å². The molecule has 2 nitrogen and oxygen atoms in total. The Balaban J connectivity index is 1.70. The second-order valence-electron chi connectivity index (χ2n) is 5.90. The van der Waals surface area contributed by atoms with Gasteiger partial charge in [0.25, 0.3) is 0 Å². The second-order valence-corrected chi connectivity index (χ2v) is 5.90. The first-order valence-electron chi connectivity index (χ1n) is 7.67. The topological polar surface area (TPSA) is 29.1 Å². The van der Waals surface area contributed by atoms with Gasteiger partial charge in [-0.05, 0) is 36.5 Å². The van der Waals surface area contributed by atoms with Crippen molar-refractivity contribution in [3.63, 3.8) is 0 Å². The Morgan fingerprint density at radius 2 is 2.05 bits per heavy atom. The van der Waals surface area contributed by atoms with Gasteiger partial charge in [0.2, 0.25) is 5.91 Å². The minimum absolute atomic E-state index is 0.0801. The zero-order chi connectivity index (χ0) is 14.4. The molecule has 1 saturated carbocycles. The van der Waals surface area contributed by atoms with Gasteiger partial charge >= 0.3 is 0 Å². The number of benzene rings is 1. The van der Waals surface area contributed by atoms with E-state index >= 15 is 0 Å². The van der Waals surface area contributed by atoms with Crippen LogP contribution < -0.4 is 5.32 Å². The highest BCUT2D eigenvalue weighted by Crippen LogP contribution is 2.27. The molecule has 2 rings (SSSR count). The van der Waals surface area contributed by atoms with E-state index in [9.17, 15) is 9.18 Å². The summed E-state index contributed by atoms with van der Waals surface area (Å²) in [5.41, 5.74) is 1.46. The van der Waals surface area contributed by atoms with Crippen LogP contribution in [0.1, 0.15) is 56.1 Å². The molecule has 1 aromatic rings. The lowest BCUT2D eigenvalue weighted by atomic mass is 9.86. The van der Waals surface area contributed by atoms with Crippen LogP contribution in [0, 0.1) is 18.7 Å². The fourth-order valence-corrected chi connectivity index (χ4v) is 2.85. The van der Waals surface area contributed by atoms with Crippen molar-refractivity contribution >= 4 is 5.91 Å². The number of rotatable bonds is 5. The SMILES string of the molecule is Cc1ccc(CNC(=O)CCC2CCCCC2)cc1F. The molecule has 0 atom stereocenters. The van der Waals surface area contributed by atoms with Crippen LogP contribution in [0.3, 0.4) is 0 Å². The summed E-state index contributed by atoms with van der Waals surface area (Å²) in [7, 11) is 0. The van der Waals surface area contributed by atoms with Crippen LogP contribution in [-0.4, -0.2) is 5.91 Å². The van der Waals surface area contributed by atoms with E-state index in [1.165, 1.54) is 38.2 Å². The number of hydrogen-bond donors (Lipinski definition) is 1. The van der Waals surface area contributed by atoms with Crippen LogP contribution in [0.15, 0.2) is 18.2 Å². The van der Waals surface area contributed by atoms with Crippen molar-refractivity contribution in [2.75, 3.05) is 0 Å². The number of amides is 1. The highest BCUT2D eigenvalue weighted by Gasteiger charge is 2.14. The molecule has 0 saturated heterocycles. The van der Waals surface area contributed by atoms with Gasteiger partial charge in [0.1, 0.15) is 5.82 Å². The second kappa shape index (κ2) is 7.41. The standard InChI is InChI=1S/C17H24FNO/c1-13-7-8-15(11-16(13)18)12-19-17(20)10-9-14-5-3-2-4-6-14/h7-8,11,14H,2-6,9-10,12H2,1H3,(H,19,20). The maximum atomic E-state index is 13.4. The minimum atomic E-state index is -0.209. The van der Waals surface area contributed by atoms with Crippen LogP contribution >= 0.6 is 0 Å². The Hall–Kier alpha value is -1.38. The molecule has 0 aromatic heterocycles. The van der Waals surface area contributed by atoms with Gasteiger partial charge in [-0.1, -0.05) is 44.2 Å². The maximum Gasteiger partial charge on any atom is 0.220 e. The fourth-order valence-electron chi connectivity index (χ4n) is 2.85. The quantitative estimate of drug-likeness (QED) is 0.862. The minimum Gasteiger partial charge on any atom is -0.352 e. The Morgan fingerprint density at radius 1 is 1.30 bits per heavy atom. The van der Waals surface area contributed by atoms with Gasteiger partial charge < -0.3 is 5.32 Å². The molecule has 1 aromatic carbocycles. The number of halogens is 1. The van der Waals surface area contributed by atoms with Gasteiger partial charge in [-0.15, -0.1) is 0 Å². The summed E-state index contributed by atoms with van der Waals surface area (Å²) in [5, 5.41) is 2.88. The fraction of sp³-hybridized carbons (Fsp3) is 0.588. The van der Waals surface area contributed by atoms with Gasteiger partial charge in [0, 0.05) is 13.0 Å². The molecular formula is C17H24FNO.